The zero-order valence-corrected chi connectivity index (χ0v) is 17.0. The van der Waals surface area contributed by atoms with Gasteiger partial charge >= 0.3 is 0 Å². The highest BCUT2D eigenvalue weighted by Gasteiger charge is 2.22. The fourth-order valence-electron chi connectivity index (χ4n) is 3.12. The molecule has 3 heterocycles. The van der Waals surface area contributed by atoms with Crippen LogP contribution in [0.4, 0.5) is 0 Å². The second kappa shape index (κ2) is 8.33. The summed E-state index contributed by atoms with van der Waals surface area (Å²) in [6, 6.07) is 9.87. The average molecular weight is 447 g/mol. The number of hydrogen-bond donors (Lipinski definition) is 1. The summed E-state index contributed by atoms with van der Waals surface area (Å²) in [5.41, 5.74) is 1.65. The van der Waals surface area contributed by atoms with E-state index in [1.165, 1.54) is 11.3 Å². The first-order valence-electron chi connectivity index (χ1n) is 8.81. The number of carbonyl (C=O) groups is 1. The fraction of sp³-hybridized carbons (Fsp3) is 0.316. The van der Waals surface area contributed by atoms with Gasteiger partial charge in [0.05, 0.1) is 6.54 Å². The first-order valence-corrected chi connectivity index (χ1v) is 10.5. The van der Waals surface area contributed by atoms with Crippen molar-refractivity contribution in [2.75, 3.05) is 13.1 Å². The van der Waals surface area contributed by atoms with E-state index in [9.17, 15) is 4.79 Å². The lowest BCUT2D eigenvalue weighted by Crippen LogP contribution is -2.44. The van der Waals surface area contributed by atoms with E-state index in [2.05, 4.69) is 36.3 Å². The molecule has 0 unspecified atom stereocenters. The lowest BCUT2D eigenvalue weighted by atomic mass is 10.0. The third-order valence-corrected chi connectivity index (χ3v) is 5.83. The van der Waals surface area contributed by atoms with Crippen molar-refractivity contribution < 1.29 is 9.21 Å². The van der Waals surface area contributed by atoms with Crippen LogP contribution in [0.3, 0.4) is 0 Å². The Labute approximate surface area is 169 Å². The highest BCUT2D eigenvalue weighted by atomic mass is 79.9. The van der Waals surface area contributed by atoms with E-state index in [-0.39, 0.29) is 11.9 Å². The molecule has 27 heavy (non-hydrogen) atoms. The van der Waals surface area contributed by atoms with Gasteiger partial charge in [0.2, 0.25) is 11.8 Å². The quantitative estimate of drug-likeness (QED) is 0.641. The standard InChI is InChI=1S/C19H19BrN4O2S/c20-15-3-1-13(2-4-15)19-23-22-17(26-19)11-24-8-5-16(6-9-24)21-18(25)14-7-10-27-12-14/h1-4,7,10,12,16H,5-6,8-9,11H2,(H,21,25). The van der Waals surface area contributed by atoms with Gasteiger partial charge in [0.25, 0.3) is 5.91 Å². The van der Waals surface area contributed by atoms with Crippen LogP contribution in [0.1, 0.15) is 29.1 Å². The Morgan fingerprint density at radius 1 is 1.22 bits per heavy atom. The van der Waals surface area contributed by atoms with E-state index < -0.39 is 0 Å². The molecule has 1 fully saturated rings. The minimum atomic E-state index is 0.0192. The minimum Gasteiger partial charge on any atom is -0.419 e. The Balaban J connectivity index is 1.28. The summed E-state index contributed by atoms with van der Waals surface area (Å²) in [5.74, 6) is 1.18. The second-order valence-electron chi connectivity index (χ2n) is 6.54. The highest BCUT2D eigenvalue weighted by Crippen LogP contribution is 2.21. The van der Waals surface area contributed by atoms with Crippen LogP contribution in [0, 0.1) is 0 Å². The van der Waals surface area contributed by atoms with Crippen LogP contribution in [-0.2, 0) is 6.54 Å². The summed E-state index contributed by atoms with van der Waals surface area (Å²) in [7, 11) is 0. The number of amides is 1. The van der Waals surface area contributed by atoms with Gasteiger partial charge in [-0.2, -0.15) is 11.3 Å². The van der Waals surface area contributed by atoms with E-state index in [0.29, 0.717) is 18.3 Å². The SMILES string of the molecule is O=C(NC1CCN(Cc2nnc(-c3ccc(Br)cc3)o2)CC1)c1ccsc1. The second-order valence-corrected chi connectivity index (χ2v) is 8.24. The van der Waals surface area contributed by atoms with Crippen molar-refractivity contribution in [2.24, 2.45) is 0 Å². The lowest BCUT2D eigenvalue weighted by Gasteiger charge is -2.31. The molecule has 0 spiro atoms. The topological polar surface area (TPSA) is 71.3 Å². The average Bonchev–Trinajstić information content (AvgIpc) is 3.36. The third-order valence-electron chi connectivity index (χ3n) is 4.62. The predicted octanol–water partition coefficient (Wildman–Crippen LogP) is 3.96. The van der Waals surface area contributed by atoms with Crippen LogP contribution in [0.25, 0.3) is 11.5 Å². The zero-order valence-electron chi connectivity index (χ0n) is 14.6. The van der Waals surface area contributed by atoms with Gasteiger partial charge in [-0.05, 0) is 48.6 Å². The predicted molar refractivity (Wildman–Crippen MR) is 108 cm³/mol. The number of carbonyl (C=O) groups excluding carboxylic acids is 1. The summed E-state index contributed by atoms with van der Waals surface area (Å²) < 4.78 is 6.82. The molecular weight excluding hydrogens is 428 g/mol. The molecule has 1 aromatic carbocycles. The lowest BCUT2D eigenvalue weighted by molar-refractivity contribution is 0.0906. The number of piperidine rings is 1. The molecule has 1 N–H and O–H groups in total. The maximum Gasteiger partial charge on any atom is 0.252 e. The Morgan fingerprint density at radius 2 is 2.00 bits per heavy atom. The van der Waals surface area contributed by atoms with Crippen LogP contribution < -0.4 is 5.32 Å². The van der Waals surface area contributed by atoms with E-state index >= 15 is 0 Å². The smallest absolute Gasteiger partial charge is 0.252 e. The van der Waals surface area contributed by atoms with Crippen LogP contribution in [-0.4, -0.2) is 40.1 Å². The zero-order chi connectivity index (χ0) is 18.6. The molecule has 1 aliphatic rings. The van der Waals surface area contributed by atoms with Gasteiger partial charge in [0, 0.05) is 40.1 Å². The number of halogens is 1. The highest BCUT2D eigenvalue weighted by molar-refractivity contribution is 9.10. The van der Waals surface area contributed by atoms with Crippen LogP contribution in [0.5, 0.6) is 0 Å². The maximum absolute atomic E-state index is 12.2. The van der Waals surface area contributed by atoms with E-state index in [0.717, 1.165) is 41.5 Å². The van der Waals surface area contributed by atoms with Crippen molar-refractivity contribution in [1.29, 1.82) is 0 Å². The van der Waals surface area contributed by atoms with Crippen molar-refractivity contribution in [3.05, 3.63) is 57.0 Å². The molecule has 1 saturated heterocycles. The molecule has 6 nitrogen and oxygen atoms in total. The molecule has 0 aliphatic carbocycles. The summed E-state index contributed by atoms with van der Waals surface area (Å²) in [6.45, 7) is 2.42. The Morgan fingerprint density at radius 3 is 2.70 bits per heavy atom. The van der Waals surface area contributed by atoms with Gasteiger partial charge in [-0.15, -0.1) is 10.2 Å². The molecule has 0 bridgehead atoms. The number of thiophene rings is 1. The van der Waals surface area contributed by atoms with E-state index in [4.69, 9.17) is 4.42 Å². The molecule has 140 valence electrons. The Hall–Kier alpha value is -2.03. The monoisotopic (exact) mass is 446 g/mol. The Kier molecular flexibility index (Phi) is 5.66. The van der Waals surface area contributed by atoms with Crippen molar-refractivity contribution in [2.45, 2.75) is 25.4 Å². The molecule has 2 aromatic heterocycles. The molecule has 0 saturated carbocycles. The van der Waals surface area contributed by atoms with Gasteiger partial charge in [-0.25, -0.2) is 0 Å². The summed E-state index contributed by atoms with van der Waals surface area (Å²) in [6.07, 6.45) is 1.84. The number of likely N-dealkylation sites (tertiary alicyclic amines) is 1. The van der Waals surface area contributed by atoms with Gasteiger partial charge in [0.15, 0.2) is 0 Å². The summed E-state index contributed by atoms with van der Waals surface area (Å²) in [4.78, 5) is 14.4. The van der Waals surface area contributed by atoms with Crippen LogP contribution >= 0.6 is 27.3 Å². The van der Waals surface area contributed by atoms with E-state index in [1.54, 1.807) is 0 Å². The van der Waals surface area contributed by atoms with Crippen molar-refractivity contribution in [3.63, 3.8) is 0 Å². The Bertz CT molecular complexity index is 887. The fourth-order valence-corrected chi connectivity index (χ4v) is 4.02. The first-order chi connectivity index (χ1) is 13.2. The molecule has 8 heteroatoms. The number of nitrogens with one attached hydrogen (secondary N) is 1. The van der Waals surface area contributed by atoms with Crippen molar-refractivity contribution >= 4 is 33.2 Å². The van der Waals surface area contributed by atoms with Crippen molar-refractivity contribution in [3.8, 4) is 11.5 Å². The number of rotatable bonds is 5. The maximum atomic E-state index is 12.2. The van der Waals surface area contributed by atoms with Gasteiger partial charge < -0.3 is 9.73 Å². The van der Waals surface area contributed by atoms with Crippen molar-refractivity contribution in [1.82, 2.24) is 20.4 Å². The number of nitrogens with zero attached hydrogens (tertiary/aromatic N) is 3. The molecule has 0 atom stereocenters. The molecule has 3 aromatic rings. The first kappa shape index (κ1) is 18.3. The summed E-state index contributed by atoms with van der Waals surface area (Å²) in [5, 5.41) is 15.2. The molecule has 4 rings (SSSR count). The number of aromatic nitrogens is 2. The van der Waals surface area contributed by atoms with E-state index in [1.807, 2.05) is 41.1 Å². The molecule has 0 radical (unpaired) electrons. The molecule has 1 aliphatic heterocycles. The van der Waals surface area contributed by atoms with Gasteiger partial charge in [-0.1, -0.05) is 15.9 Å². The number of benzene rings is 1. The van der Waals surface area contributed by atoms with Gasteiger partial charge in [-0.3, -0.25) is 9.69 Å². The minimum absolute atomic E-state index is 0.0192. The molecular formula is C19H19BrN4O2S. The largest absolute Gasteiger partial charge is 0.419 e. The van der Waals surface area contributed by atoms with Gasteiger partial charge in [0.1, 0.15) is 0 Å². The molecule has 1 amide bonds. The van der Waals surface area contributed by atoms with Crippen LogP contribution in [0.15, 0.2) is 50.0 Å². The number of hydrogen-bond acceptors (Lipinski definition) is 6. The summed E-state index contributed by atoms with van der Waals surface area (Å²) >= 11 is 4.96. The van der Waals surface area contributed by atoms with Crippen LogP contribution in [0.2, 0.25) is 0 Å². The third kappa shape index (κ3) is 4.63. The normalized spacial score (nSPS) is 15.7.